The Hall–Kier alpha value is -3.15. The highest BCUT2D eigenvalue weighted by Crippen LogP contribution is 2.25. The Morgan fingerprint density at radius 2 is 1.81 bits per heavy atom. The molecule has 0 fully saturated rings. The van der Waals surface area contributed by atoms with E-state index in [-0.39, 0.29) is 6.03 Å². The number of benzene rings is 3. The number of halogens is 2. The van der Waals surface area contributed by atoms with Gasteiger partial charge in [0.1, 0.15) is 12.4 Å². The number of hydrogen-bond donors (Lipinski definition) is 3. The largest absolute Gasteiger partial charge is 0.489 e. The molecule has 0 saturated carbocycles. The van der Waals surface area contributed by atoms with Gasteiger partial charge >= 0.3 is 6.03 Å². The quantitative estimate of drug-likeness (QED) is 0.302. The molecule has 0 radical (unpaired) electrons. The number of carbonyl (C=O) groups is 1. The first-order valence-electron chi connectivity index (χ1n) is 9.85. The summed E-state index contributed by atoms with van der Waals surface area (Å²) in [6, 6.07) is 20.7. The van der Waals surface area contributed by atoms with Gasteiger partial charge in [-0.3, -0.25) is 0 Å². The van der Waals surface area contributed by atoms with Crippen LogP contribution < -0.4 is 15.4 Å². The zero-order valence-electron chi connectivity index (χ0n) is 16.6. The molecule has 3 N–H and O–H groups in total. The molecule has 3 aromatic carbocycles. The van der Waals surface area contributed by atoms with Crippen molar-refractivity contribution in [2.45, 2.75) is 13.0 Å². The maximum atomic E-state index is 12.1. The highest BCUT2D eigenvalue weighted by Gasteiger charge is 2.08. The van der Waals surface area contributed by atoms with Crippen LogP contribution in [0.25, 0.3) is 10.9 Å². The number of nitrogens with one attached hydrogen (secondary N) is 3. The second kappa shape index (κ2) is 9.77. The van der Waals surface area contributed by atoms with Crippen LogP contribution in [0.5, 0.6) is 5.75 Å². The summed E-state index contributed by atoms with van der Waals surface area (Å²) in [6.07, 6.45) is 2.66. The van der Waals surface area contributed by atoms with Gasteiger partial charge in [-0.25, -0.2) is 4.79 Å². The Morgan fingerprint density at radius 1 is 0.968 bits per heavy atom. The number of carbonyl (C=O) groups excluding carboxylic acids is 1. The maximum absolute atomic E-state index is 12.1. The zero-order valence-corrected chi connectivity index (χ0v) is 18.1. The summed E-state index contributed by atoms with van der Waals surface area (Å²) in [7, 11) is 0. The summed E-state index contributed by atoms with van der Waals surface area (Å²) < 4.78 is 5.89. The minimum absolute atomic E-state index is 0.296. The molecule has 0 unspecified atom stereocenters. The van der Waals surface area contributed by atoms with Crippen molar-refractivity contribution in [2.75, 3.05) is 11.9 Å². The van der Waals surface area contributed by atoms with E-state index in [4.69, 9.17) is 27.9 Å². The number of amides is 2. The van der Waals surface area contributed by atoms with E-state index >= 15 is 0 Å². The number of fused-ring (bicyclic) bond motifs is 1. The van der Waals surface area contributed by atoms with Crippen LogP contribution in [-0.4, -0.2) is 17.6 Å². The molecule has 0 aliphatic rings. The first kappa shape index (κ1) is 21.1. The average Bonchev–Trinajstić information content (AvgIpc) is 3.18. The maximum Gasteiger partial charge on any atom is 0.319 e. The summed E-state index contributed by atoms with van der Waals surface area (Å²) in [5, 5.41) is 7.55. The Balaban J connectivity index is 1.30. The van der Waals surface area contributed by atoms with Gasteiger partial charge in [-0.05, 0) is 47.9 Å². The van der Waals surface area contributed by atoms with Crippen LogP contribution in [0.4, 0.5) is 10.5 Å². The monoisotopic (exact) mass is 453 g/mol. The van der Waals surface area contributed by atoms with Crippen LogP contribution >= 0.6 is 23.2 Å². The van der Waals surface area contributed by atoms with E-state index in [0.717, 1.165) is 27.8 Å². The number of ether oxygens (including phenoxy) is 1. The van der Waals surface area contributed by atoms with Crippen molar-refractivity contribution in [1.82, 2.24) is 10.3 Å². The highest BCUT2D eigenvalue weighted by molar-refractivity contribution is 6.42. The molecular formula is C24H21Cl2N3O2. The van der Waals surface area contributed by atoms with Crippen molar-refractivity contribution >= 4 is 45.8 Å². The molecule has 5 nitrogen and oxygen atoms in total. The number of urea groups is 1. The minimum Gasteiger partial charge on any atom is -0.489 e. The van der Waals surface area contributed by atoms with Gasteiger partial charge in [-0.2, -0.15) is 0 Å². The normalized spacial score (nSPS) is 10.8. The van der Waals surface area contributed by atoms with E-state index in [2.05, 4.69) is 15.6 Å². The predicted octanol–water partition coefficient (Wildman–Crippen LogP) is 6.42. The van der Waals surface area contributed by atoms with Crippen molar-refractivity contribution in [1.29, 1.82) is 0 Å². The molecule has 158 valence electrons. The van der Waals surface area contributed by atoms with E-state index < -0.39 is 0 Å². The lowest BCUT2D eigenvalue weighted by Crippen LogP contribution is -2.30. The second-order valence-corrected chi connectivity index (χ2v) is 7.87. The van der Waals surface area contributed by atoms with Gasteiger partial charge in [-0.1, -0.05) is 53.5 Å². The molecule has 0 atom stereocenters. The molecule has 1 heterocycles. The molecule has 0 spiro atoms. The molecule has 4 rings (SSSR count). The summed E-state index contributed by atoms with van der Waals surface area (Å²) in [5.41, 5.74) is 3.84. The molecule has 2 amide bonds. The standard InChI is InChI=1S/C24H21Cl2N3O2/c25-21-9-6-18(12-22(21)26)29-24(30)27-11-10-17-14-28-23-13-19(7-8-20(17)23)31-15-16-4-2-1-3-5-16/h1-9,12-14,28H,10-11,15H2,(H2,27,29,30). The Kier molecular flexibility index (Phi) is 6.65. The molecule has 0 bridgehead atoms. The van der Waals surface area contributed by atoms with E-state index in [9.17, 15) is 4.79 Å². The SMILES string of the molecule is O=C(NCCc1c[nH]c2cc(OCc3ccccc3)ccc12)Nc1ccc(Cl)c(Cl)c1. The lowest BCUT2D eigenvalue weighted by molar-refractivity contribution is 0.252. The van der Waals surface area contributed by atoms with Crippen LogP contribution in [0.15, 0.2) is 72.9 Å². The first-order chi connectivity index (χ1) is 15.1. The Bertz CT molecular complexity index is 1190. The zero-order chi connectivity index (χ0) is 21.6. The fourth-order valence-corrected chi connectivity index (χ4v) is 3.56. The Morgan fingerprint density at radius 3 is 2.61 bits per heavy atom. The predicted molar refractivity (Wildman–Crippen MR) is 126 cm³/mol. The van der Waals surface area contributed by atoms with Crippen molar-refractivity contribution in [3.05, 3.63) is 94.1 Å². The lowest BCUT2D eigenvalue weighted by atomic mass is 10.1. The van der Waals surface area contributed by atoms with Crippen molar-refractivity contribution in [3.8, 4) is 5.75 Å². The fraction of sp³-hybridized carbons (Fsp3) is 0.125. The smallest absolute Gasteiger partial charge is 0.319 e. The van der Waals surface area contributed by atoms with Gasteiger partial charge in [0, 0.05) is 35.4 Å². The van der Waals surface area contributed by atoms with Crippen LogP contribution in [0.1, 0.15) is 11.1 Å². The fourth-order valence-electron chi connectivity index (χ4n) is 3.26. The Labute approximate surface area is 190 Å². The number of hydrogen-bond acceptors (Lipinski definition) is 2. The van der Waals surface area contributed by atoms with Crippen molar-refractivity contribution in [3.63, 3.8) is 0 Å². The third-order valence-corrected chi connectivity index (χ3v) is 5.58. The molecule has 31 heavy (non-hydrogen) atoms. The summed E-state index contributed by atoms with van der Waals surface area (Å²) in [5.74, 6) is 0.809. The first-order valence-corrected chi connectivity index (χ1v) is 10.6. The third kappa shape index (κ3) is 5.51. The molecule has 0 aliphatic carbocycles. The average molecular weight is 454 g/mol. The third-order valence-electron chi connectivity index (χ3n) is 4.84. The number of H-pyrrole nitrogens is 1. The molecule has 0 saturated heterocycles. The molecule has 4 aromatic rings. The number of rotatable bonds is 7. The summed E-state index contributed by atoms with van der Waals surface area (Å²) in [4.78, 5) is 15.4. The van der Waals surface area contributed by atoms with Gasteiger partial charge in [0.15, 0.2) is 0 Å². The number of anilines is 1. The van der Waals surface area contributed by atoms with E-state index in [1.807, 2.05) is 54.7 Å². The van der Waals surface area contributed by atoms with Crippen LogP contribution in [0.3, 0.4) is 0 Å². The number of aromatic nitrogens is 1. The van der Waals surface area contributed by atoms with E-state index in [0.29, 0.717) is 35.3 Å². The van der Waals surface area contributed by atoms with Gasteiger partial charge in [-0.15, -0.1) is 0 Å². The summed E-state index contributed by atoms with van der Waals surface area (Å²) >= 11 is 11.9. The van der Waals surface area contributed by atoms with Gasteiger partial charge < -0.3 is 20.4 Å². The topological polar surface area (TPSA) is 66.2 Å². The van der Waals surface area contributed by atoms with Crippen LogP contribution in [-0.2, 0) is 13.0 Å². The van der Waals surface area contributed by atoms with Gasteiger partial charge in [0.2, 0.25) is 0 Å². The second-order valence-electron chi connectivity index (χ2n) is 7.06. The van der Waals surface area contributed by atoms with Crippen LogP contribution in [0, 0.1) is 0 Å². The van der Waals surface area contributed by atoms with Crippen molar-refractivity contribution in [2.24, 2.45) is 0 Å². The lowest BCUT2D eigenvalue weighted by Gasteiger charge is -2.08. The minimum atomic E-state index is -0.296. The van der Waals surface area contributed by atoms with Gasteiger partial charge in [0.05, 0.1) is 10.0 Å². The van der Waals surface area contributed by atoms with Crippen molar-refractivity contribution < 1.29 is 9.53 Å². The van der Waals surface area contributed by atoms with E-state index in [1.54, 1.807) is 18.2 Å². The summed E-state index contributed by atoms with van der Waals surface area (Å²) in [6.45, 7) is 1.02. The van der Waals surface area contributed by atoms with Crippen LogP contribution in [0.2, 0.25) is 10.0 Å². The molecule has 1 aromatic heterocycles. The molecular weight excluding hydrogens is 433 g/mol. The number of aromatic amines is 1. The molecule has 0 aliphatic heterocycles. The van der Waals surface area contributed by atoms with E-state index in [1.165, 1.54) is 0 Å². The highest BCUT2D eigenvalue weighted by atomic mass is 35.5. The molecule has 7 heteroatoms. The van der Waals surface area contributed by atoms with Gasteiger partial charge in [0.25, 0.3) is 0 Å².